The van der Waals surface area contributed by atoms with Gasteiger partial charge in [0.25, 0.3) is 5.91 Å². The summed E-state index contributed by atoms with van der Waals surface area (Å²) < 4.78 is 23.4. The van der Waals surface area contributed by atoms with E-state index in [-0.39, 0.29) is 25.0 Å². The highest BCUT2D eigenvalue weighted by molar-refractivity contribution is 5.77. The maximum absolute atomic E-state index is 13.1. The number of rotatable bonds is 6. The third-order valence-corrected chi connectivity index (χ3v) is 3.76. The van der Waals surface area contributed by atoms with Gasteiger partial charge in [-0.15, -0.1) is 0 Å². The smallest absolute Gasteiger partial charge is 0.320 e. The first kappa shape index (κ1) is 18.2. The Morgan fingerprint density at radius 1 is 1.21 bits per heavy atom. The van der Waals surface area contributed by atoms with Gasteiger partial charge in [-0.05, 0) is 25.5 Å². The Labute approximate surface area is 141 Å². The summed E-state index contributed by atoms with van der Waals surface area (Å²) in [5.74, 6) is -0.449. The lowest BCUT2D eigenvalue weighted by molar-refractivity contribution is -0.144. The molecule has 1 aliphatic heterocycles. The summed E-state index contributed by atoms with van der Waals surface area (Å²) >= 11 is 0. The molecule has 1 aliphatic rings. The Kier molecular flexibility index (Phi) is 6.99. The first-order valence-electron chi connectivity index (χ1n) is 8.12. The van der Waals surface area contributed by atoms with Crippen LogP contribution in [0.4, 0.5) is 4.39 Å². The minimum absolute atomic E-state index is 0.124. The molecule has 0 N–H and O–H groups in total. The van der Waals surface area contributed by atoms with Crippen molar-refractivity contribution in [2.24, 2.45) is 0 Å². The fourth-order valence-electron chi connectivity index (χ4n) is 2.56. The van der Waals surface area contributed by atoms with Crippen LogP contribution in [0.2, 0.25) is 0 Å². The van der Waals surface area contributed by atoms with Gasteiger partial charge in [0, 0.05) is 32.2 Å². The third-order valence-electron chi connectivity index (χ3n) is 3.76. The molecule has 1 fully saturated rings. The second-order valence-corrected chi connectivity index (χ2v) is 5.56. The molecule has 1 aromatic rings. The van der Waals surface area contributed by atoms with Crippen LogP contribution in [0.1, 0.15) is 13.3 Å². The van der Waals surface area contributed by atoms with E-state index in [0.717, 1.165) is 13.0 Å². The molecule has 24 heavy (non-hydrogen) atoms. The number of carbonyl (C=O) groups is 2. The molecule has 1 saturated heterocycles. The number of ether oxygens (including phenoxy) is 2. The van der Waals surface area contributed by atoms with Gasteiger partial charge in [0.2, 0.25) is 0 Å². The summed E-state index contributed by atoms with van der Waals surface area (Å²) in [5.41, 5.74) is 0. The van der Waals surface area contributed by atoms with E-state index < -0.39 is 5.82 Å². The summed E-state index contributed by atoms with van der Waals surface area (Å²) in [6.45, 7) is 4.78. The molecule has 132 valence electrons. The largest absolute Gasteiger partial charge is 0.484 e. The van der Waals surface area contributed by atoms with Crippen LogP contribution in [-0.2, 0) is 14.3 Å². The molecule has 1 aromatic carbocycles. The lowest BCUT2D eigenvalue weighted by Gasteiger charge is -2.21. The fourth-order valence-corrected chi connectivity index (χ4v) is 2.56. The SMILES string of the molecule is CCOC(=O)CN1CCCN(C(=O)COc2cccc(F)c2)CC1. The zero-order valence-corrected chi connectivity index (χ0v) is 13.9. The Morgan fingerprint density at radius 2 is 2.04 bits per heavy atom. The van der Waals surface area contributed by atoms with Crippen LogP contribution < -0.4 is 4.74 Å². The van der Waals surface area contributed by atoms with Gasteiger partial charge < -0.3 is 14.4 Å². The van der Waals surface area contributed by atoms with Crippen LogP contribution >= 0.6 is 0 Å². The van der Waals surface area contributed by atoms with Crippen molar-refractivity contribution in [2.75, 3.05) is 45.9 Å². The van der Waals surface area contributed by atoms with Crippen molar-refractivity contribution in [1.29, 1.82) is 0 Å². The highest BCUT2D eigenvalue weighted by atomic mass is 19.1. The minimum Gasteiger partial charge on any atom is -0.484 e. The number of carbonyl (C=O) groups excluding carboxylic acids is 2. The van der Waals surface area contributed by atoms with Crippen LogP contribution in [0.5, 0.6) is 5.75 Å². The van der Waals surface area contributed by atoms with Gasteiger partial charge in [-0.2, -0.15) is 0 Å². The summed E-state index contributed by atoms with van der Waals surface area (Å²) in [7, 11) is 0. The normalized spacial score (nSPS) is 15.7. The first-order valence-corrected chi connectivity index (χ1v) is 8.12. The van der Waals surface area contributed by atoms with Gasteiger partial charge in [-0.1, -0.05) is 6.07 Å². The molecular formula is C17H23FN2O4. The highest BCUT2D eigenvalue weighted by Gasteiger charge is 2.21. The van der Waals surface area contributed by atoms with Crippen LogP contribution in [-0.4, -0.2) is 67.6 Å². The molecule has 0 spiro atoms. The van der Waals surface area contributed by atoms with Crippen molar-refractivity contribution in [3.63, 3.8) is 0 Å². The molecular weight excluding hydrogens is 315 g/mol. The standard InChI is InChI=1S/C17H23FN2O4/c1-2-23-17(22)12-19-7-4-8-20(10-9-19)16(21)13-24-15-6-3-5-14(18)11-15/h3,5-6,11H,2,4,7-10,12-13H2,1H3. The lowest BCUT2D eigenvalue weighted by Crippen LogP contribution is -2.39. The van der Waals surface area contributed by atoms with Gasteiger partial charge in [0.05, 0.1) is 13.2 Å². The Bertz CT molecular complexity index is 567. The van der Waals surface area contributed by atoms with E-state index in [9.17, 15) is 14.0 Å². The molecule has 7 heteroatoms. The lowest BCUT2D eigenvalue weighted by atomic mass is 10.3. The summed E-state index contributed by atoms with van der Waals surface area (Å²) in [4.78, 5) is 27.5. The summed E-state index contributed by atoms with van der Waals surface area (Å²) in [5, 5.41) is 0. The van der Waals surface area contributed by atoms with Crippen molar-refractivity contribution in [3.8, 4) is 5.75 Å². The van der Waals surface area contributed by atoms with E-state index in [1.807, 2.05) is 4.90 Å². The van der Waals surface area contributed by atoms with Crippen molar-refractivity contribution < 1.29 is 23.5 Å². The summed E-state index contributed by atoms with van der Waals surface area (Å²) in [6, 6.07) is 5.71. The number of halogens is 1. The monoisotopic (exact) mass is 338 g/mol. The van der Waals surface area contributed by atoms with Crippen LogP contribution in [0.3, 0.4) is 0 Å². The molecule has 1 amide bonds. The van der Waals surface area contributed by atoms with Crippen LogP contribution in [0.25, 0.3) is 0 Å². The van der Waals surface area contributed by atoms with Gasteiger partial charge in [0.15, 0.2) is 6.61 Å². The van der Waals surface area contributed by atoms with Gasteiger partial charge in [0.1, 0.15) is 11.6 Å². The van der Waals surface area contributed by atoms with E-state index in [1.165, 1.54) is 18.2 Å². The van der Waals surface area contributed by atoms with Gasteiger partial charge in [-0.3, -0.25) is 14.5 Å². The van der Waals surface area contributed by atoms with Crippen LogP contribution in [0, 0.1) is 5.82 Å². The maximum Gasteiger partial charge on any atom is 0.320 e. The molecule has 0 radical (unpaired) electrons. The average molecular weight is 338 g/mol. The second kappa shape index (κ2) is 9.22. The fraction of sp³-hybridized carbons (Fsp3) is 0.529. The first-order chi connectivity index (χ1) is 11.6. The number of nitrogens with zero attached hydrogens (tertiary/aromatic N) is 2. The zero-order chi connectivity index (χ0) is 17.4. The molecule has 0 aromatic heterocycles. The van der Waals surface area contributed by atoms with Gasteiger partial charge in [-0.25, -0.2) is 4.39 Å². The molecule has 0 atom stereocenters. The van der Waals surface area contributed by atoms with E-state index in [1.54, 1.807) is 17.9 Å². The minimum atomic E-state index is -0.399. The number of hydrogen-bond donors (Lipinski definition) is 0. The van der Waals surface area contributed by atoms with Crippen molar-refractivity contribution in [1.82, 2.24) is 9.80 Å². The second-order valence-electron chi connectivity index (χ2n) is 5.56. The zero-order valence-electron chi connectivity index (χ0n) is 13.9. The Hall–Kier alpha value is -2.15. The number of benzene rings is 1. The average Bonchev–Trinajstić information content (AvgIpc) is 2.78. The topological polar surface area (TPSA) is 59.1 Å². The molecule has 0 unspecified atom stereocenters. The van der Waals surface area contributed by atoms with Crippen LogP contribution in [0.15, 0.2) is 24.3 Å². The quantitative estimate of drug-likeness (QED) is 0.732. The van der Waals surface area contributed by atoms with E-state index in [4.69, 9.17) is 9.47 Å². The van der Waals surface area contributed by atoms with Crippen molar-refractivity contribution in [3.05, 3.63) is 30.1 Å². The van der Waals surface area contributed by atoms with Gasteiger partial charge >= 0.3 is 5.97 Å². The Morgan fingerprint density at radius 3 is 2.79 bits per heavy atom. The predicted molar refractivity (Wildman–Crippen MR) is 86.2 cm³/mol. The molecule has 2 rings (SSSR count). The Balaban J connectivity index is 1.78. The number of amides is 1. The predicted octanol–water partition coefficient (Wildman–Crippen LogP) is 1.30. The van der Waals surface area contributed by atoms with Crippen molar-refractivity contribution >= 4 is 11.9 Å². The number of hydrogen-bond acceptors (Lipinski definition) is 5. The molecule has 0 bridgehead atoms. The van der Waals surface area contributed by atoms with Crippen molar-refractivity contribution in [2.45, 2.75) is 13.3 Å². The molecule has 1 heterocycles. The van der Waals surface area contributed by atoms with E-state index in [2.05, 4.69) is 0 Å². The molecule has 6 nitrogen and oxygen atoms in total. The molecule has 0 aliphatic carbocycles. The maximum atomic E-state index is 13.1. The summed E-state index contributed by atoms with van der Waals surface area (Å²) in [6.07, 6.45) is 0.783. The highest BCUT2D eigenvalue weighted by Crippen LogP contribution is 2.12. The van der Waals surface area contributed by atoms with E-state index >= 15 is 0 Å². The van der Waals surface area contributed by atoms with E-state index in [0.29, 0.717) is 32.0 Å². The third kappa shape index (κ3) is 5.81. The molecule has 0 saturated carbocycles. The number of esters is 1.